The van der Waals surface area contributed by atoms with Crippen molar-refractivity contribution in [2.45, 2.75) is 19.8 Å². The van der Waals surface area contributed by atoms with E-state index in [1.54, 1.807) is 0 Å². The maximum Gasteiger partial charge on any atom is 0.0491 e. The van der Waals surface area contributed by atoms with Crippen molar-refractivity contribution in [3.8, 4) is 0 Å². The van der Waals surface area contributed by atoms with Gasteiger partial charge in [-0.05, 0) is 35.7 Å². The standard InChI is InChI=1S/C16H18N2/c1-10(2)11-4-6-13-14-9-12(17)5-7-15(14)18(3)16(13)8-11/h4-10H,17H2,1-3H3. The molecule has 0 aliphatic rings. The van der Waals surface area contributed by atoms with Crippen LogP contribution >= 0.6 is 0 Å². The first-order valence-corrected chi connectivity index (χ1v) is 6.35. The quantitative estimate of drug-likeness (QED) is 0.637. The first-order chi connectivity index (χ1) is 8.58. The van der Waals surface area contributed by atoms with Crippen molar-refractivity contribution in [3.05, 3.63) is 42.0 Å². The maximum atomic E-state index is 5.89. The second kappa shape index (κ2) is 3.77. The molecule has 0 atom stereocenters. The van der Waals surface area contributed by atoms with Crippen LogP contribution in [0.2, 0.25) is 0 Å². The number of benzene rings is 2. The molecule has 2 aromatic carbocycles. The molecule has 0 aliphatic heterocycles. The average molecular weight is 238 g/mol. The fourth-order valence-corrected chi connectivity index (χ4v) is 2.60. The molecule has 0 bridgehead atoms. The van der Waals surface area contributed by atoms with E-state index in [1.165, 1.54) is 27.4 Å². The van der Waals surface area contributed by atoms with Crippen molar-refractivity contribution in [3.63, 3.8) is 0 Å². The number of aryl methyl sites for hydroxylation is 1. The van der Waals surface area contributed by atoms with Gasteiger partial charge >= 0.3 is 0 Å². The van der Waals surface area contributed by atoms with Crippen LogP contribution in [0.15, 0.2) is 36.4 Å². The van der Waals surface area contributed by atoms with E-state index < -0.39 is 0 Å². The first kappa shape index (κ1) is 11.1. The second-order valence-corrected chi connectivity index (χ2v) is 5.27. The summed E-state index contributed by atoms with van der Waals surface area (Å²) in [6.07, 6.45) is 0. The third kappa shape index (κ3) is 1.49. The van der Waals surface area contributed by atoms with Gasteiger partial charge in [-0.2, -0.15) is 0 Å². The van der Waals surface area contributed by atoms with Gasteiger partial charge in [0.05, 0.1) is 0 Å². The highest BCUT2D eigenvalue weighted by Crippen LogP contribution is 2.31. The molecule has 2 N–H and O–H groups in total. The summed E-state index contributed by atoms with van der Waals surface area (Å²) in [5, 5.41) is 2.52. The lowest BCUT2D eigenvalue weighted by Crippen LogP contribution is -1.90. The Kier molecular flexibility index (Phi) is 2.34. The van der Waals surface area contributed by atoms with Crippen LogP contribution in [0.1, 0.15) is 25.3 Å². The van der Waals surface area contributed by atoms with Gasteiger partial charge in [0.15, 0.2) is 0 Å². The van der Waals surface area contributed by atoms with Crippen LogP contribution in [-0.2, 0) is 7.05 Å². The second-order valence-electron chi connectivity index (χ2n) is 5.27. The summed E-state index contributed by atoms with van der Waals surface area (Å²) < 4.78 is 2.25. The van der Waals surface area contributed by atoms with Crippen LogP contribution in [0, 0.1) is 0 Å². The topological polar surface area (TPSA) is 30.9 Å². The summed E-state index contributed by atoms with van der Waals surface area (Å²) in [7, 11) is 2.12. The number of anilines is 1. The fourth-order valence-electron chi connectivity index (χ4n) is 2.60. The Bertz CT molecular complexity index is 736. The van der Waals surface area contributed by atoms with E-state index in [1.807, 2.05) is 6.07 Å². The van der Waals surface area contributed by atoms with Crippen LogP contribution in [-0.4, -0.2) is 4.57 Å². The number of nitrogen functional groups attached to an aromatic ring is 1. The van der Waals surface area contributed by atoms with Crippen LogP contribution in [0.25, 0.3) is 21.8 Å². The zero-order valence-corrected chi connectivity index (χ0v) is 11.1. The molecule has 0 saturated carbocycles. The number of aromatic nitrogens is 1. The largest absolute Gasteiger partial charge is 0.399 e. The molecule has 2 nitrogen and oxygen atoms in total. The summed E-state index contributed by atoms with van der Waals surface area (Å²) in [5.74, 6) is 0.553. The van der Waals surface area contributed by atoms with Gasteiger partial charge in [-0.3, -0.25) is 0 Å². The van der Waals surface area contributed by atoms with E-state index in [0.29, 0.717) is 5.92 Å². The lowest BCUT2D eigenvalue weighted by molar-refractivity contribution is 0.866. The zero-order chi connectivity index (χ0) is 12.9. The lowest BCUT2D eigenvalue weighted by atomic mass is 10.0. The van der Waals surface area contributed by atoms with E-state index in [9.17, 15) is 0 Å². The van der Waals surface area contributed by atoms with Crippen molar-refractivity contribution in [1.29, 1.82) is 0 Å². The predicted molar refractivity (Wildman–Crippen MR) is 78.9 cm³/mol. The van der Waals surface area contributed by atoms with E-state index in [0.717, 1.165) is 5.69 Å². The van der Waals surface area contributed by atoms with Crippen molar-refractivity contribution in [2.75, 3.05) is 5.73 Å². The van der Waals surface area contributed by atoms with E-state index in [2.05, 4.69) is 55.8 Å². The third-order valence-electron chi connectivity index (χ3n) is 3.72. The number of nitrogens with zero attached hydrogens (tertiary/aromatic N) is 1. The summed E-state index contributed by atoms with van der Waals surface area (Å²) in [4.78, 5) is 0. The smallest absolute Gasteiger partial charge is 0.0491 e. The van der Waals surface area contributed by atoms with Crippen LogP contribution < -0.4 is 5.73 Å². The van der Waals surface area contributed by atoms with Gasteiger partial charge in [0.2, 0.25) is 0 Å². The molecule has 0 amide bonds. The normalized spacial score (nSPS) is 11.8. The fraction of sp³-hybridized carbons (Fsp3) is 0.250. The van der Waals surface area contributed by atoms with Gasteiger partial charge in [-0.15, -0.1) is 0 Å². The number of rotatable bonds is 1. The highest BCUT2D eigenvalue weighted by atomic mass is 14.9. The summed E-state index contributed by atoms with van der Waals surface area (Å²) >= 11 is 0. The number of fused-ring (bicyclic) bond motifs is 3. The van der Waals surface area contributed by atoms with Gasteiger partial charge < -0.3 is 10.3 Å². The van der Waals surface area contributed by atoms with Crippen molar-refractivity contribution in [2.24, 2.45) is 7.05 Å². The molecule has 0 unspecified atom stereocenters. The van der Waals surface area contributed by atoms with Crippen LogP contribution in [0.4, 0.5) is 5.69 Å². The Hall–Kier alpha value is -1.96. The molecule has 1 heterocycles. The minimum atomic E-state index is 0.553. The van der Waals surface area contributed by atoms with Crippen LogP contribution in [0.5, 0.6) is 0 Å². The summed E-state index contributed by atoms with van der Waals surface area (Å²) in [5.41, 5.74) is 10.6. The van der Waals surface area contributed by atoms with E-state index in [4.69, 9.17) is 5.73 Å². The first-order valence-electron chi connectivity index (χ1n) is 6.35. The SMILES string of the molecule is CC(C)c1ccc2c3cc(N)ccc3n(C)c2c1. The molecule has 0 spiro atoms. The Labute approximate surface area is 107 Å². The Morgan fingerprint density at radius 1 is 0.944 bits per heavy atom. The molecule has 0 aliphatic carbocycles. The molecule has 0 saturated heterocycles. The molecule has 0 fully saturated rings. The minimum Gasteiger partial charge on any atom is -0.399 e. The number of hydrogen-bond donors (Lipinski definition) is 1. The summed E-state index contributed by atoms with van der Waals surface area (Å²) in [6, 6.07) is 12.8. The molecule has 18 heavy (non-hydrogen) atoms. The predicted octanol–water partition coefficient (Wildman–Crippen LogP) is 4.04. The Morgan fingerprint density at radius 3 is 2.44 bits per heavy atom. The Morgan fingerprint density at radius 2 is 1.72 bits per heavy atom. The van der Waals surface area contributed by atoms with E-state index >= 15 is 0 Å². The molecular weight excluding hydrogens is 220 g/mol. The van der Waals surface area contributed by atoms with Crippen molar-refractivity contribution in [1.82, 2.24) is 4.57 Å². The Balaban J connectivity index is 2.44. The molecule has 2 heteroatoms. The van der Waals surface area contributed by atoms with Gasteiger partial charge in [-0.25, -0.2) is 0 Å². The third-order valence-corrected chi connectivity index (χ3v) is 3.72. The lowest BCUT2D eigenvalue weighted by Gasteiger charge is -2.06. The van der Waals surface area contributed by atoms with Crippen LogP contribution in [0.3, 0.4) is 0 Å². The zero-order valence-electron chi connectivity index (χ0n) is 11.1. The van der Waals surface area contributed by atoms with Gasteiger partial charge in [0.25, 0.3) is 0 Å². The molecule has 3 rings (SSSR count). The monoisotopic (exact) mass is 238 g/mol. The van der Waals surface area contributed by atoms with E-state index in [-0.39, 0.29) is 0 Å². The average Bonchev–Trinajstić information content (AvgIpc) is 2.62. The highest BCUT2D eigenvalue weighted by molar-refractivity contribution is 6.09. The molecule has 3 aromatic rings. The minimum absolute atomic E-state index is 0.553. The van der Waals surface area contributed by atoms with Crippen molar-refractivity contribution >= 4 is 27.5 Å². The molecule has 0 radical (unpaired) electrons. The number of nitrogens with two attached hydrogens (primary N) is 1. The van der Waals surface area contributed by atoms with Gasteiger partial charge in [0.1, 0.15) is 0 Å². The molecule has 1 aromatic heterocycles. The van der Waals surface area contributed by atoms with Crippen molar-refractivity contribution < 1.29 is 0 Å². The molecule has 92 valence electrons. The number of hydrogen-bond acceptors (Lipinski definition) is 1. The highest BCUT2D eigenvalue weighted by Gasteiger charge is 2.09. The molecular formula is C16H18N2. The summed E-state index contributed by atoms with van der Waals surface area (Å²) in [6.45, 7) is 4.45. The van der Waals surface area contributed by atoms with Gasteiger partial charge in [-0.1, -0.05) is 26.0 Å². The maximum absolute atomic E-state index is 5.89. The van der Waals surface area contributed by atoms with Gasteiger partial charge in [0, 0.05) is 34.5 Å².